The van der Waals surface area contributed by atoms with Crippen molar-refractivity contribution in [3.8, 4) is 11.5 Å². The summed E-state index contributed by atoms with van der Waals surface area (Å²) >= 11 is 12.1. The van der Waals surface area contributed by atoms with Gasteiger partial charge in [-0.05, 0) is 56.1 Å². The molecule has 0 radical (unpaired) electrons. The fourth-order valence-electron chi connectivity index (χ4n) is 2.38. The van der Waals surface area contributed by atoms with Crippen molar-refractivity contribution < 1.29 is 39.6 Å². The number of carboxylic acid groups (broad SMARTS) is 2. The second-order valence-corrected chi connectivity index (χ2v) is 9.13. The highest BCUT2D eigenvalue weighted by molar-refractivity contribution is 9.11. The second-order valence-electron chi connectivity index (χ2n) is 5.59. The minimum absolute atomic E-state index is 0.0294. The van der Waals surface area contributed by atoms with Crippen molar-refractivity contribution in [3.05, 3.63) is 64.4 Å². The maximum atomic E-state index is 12.9. The van der Waals surface area contributed by atoms with Crippen molar-refractivity contribution in [2.75, 3.05) is 0 Å². The quantitative estimate of drug-likeness (QED) is 0.150. The molecular formula is C18H8Br4O8. The van der Waals surface area contributed by atoms with E-state index in [1.807, 2.05) is 0 Å². The largest absolute Gasteiger partial charge is 0.506 e. The van der Waals surface area contributed by atoms with Crippen molar-refractivity contribution in [2.24, 2.45) is 0 Å². The fourth-order valence-corrected chi connectivity index (χ4v) is 4.83. The van der Waals surface area contributed by atoms with E-state index in [-0.39, 0.29) is 17.9 Å². The molecule has 0 saturated heterocycles. The van der Waals surface area contributed by atoms with Crippen LogP contribution in [0.15, 0.2) is 53.3 Å². The number of aliphatic carboxylic acids is 2. The first kappa shape index (κ1) is 24.3. The molecule has 0 bridgehead atoms. The Morgan fingerprint density at radius 3 is 1.17 bits per heavy atom. The average Bonchev–Trinajstić information content (AvgIpc) is 2.63. The molecule has 0 heterocycles. The number of aromatic hydroxyl groups is 2. The van der Waals surface area contributed by atoms with Gasteiger partial charge in [0.15, 0.2) is 0 Å². The van der Waals surface area contributed by atoms with Crippen LogP contribution in [0.5, 0.6) is 11.5 Å². The first-order valence-electron chi connectivity index (χ1n) is 7.53. The first-order valence-corrected chi connectivity index (χ1v) is 10.7. The molecule has 2 aromatic rings. The minimum Gasteiger partial charge on any atom is -0.506 e. The van der Waals surface area contributed by atoms with Gasteiger partial charge in [-0.3, -0.25) is 9.59 Å². The van der Waals surface area contributed by atoms with E-state index < -0.39 is 57.3 Å². The number of hydrogen-bond acceptors (Lipinski definition) is 6. The summed E-state index contributed by atoms with van der Waals surface area (Å²) < 4.78 is 0.609. The van der Waals surface area contributed by atoms with Gasteiger partial charge in [-0.25, -0.2) is 9.59 Å². The average molecular weight is 672 g/mol. The van der Waals surface area contributed by atoms with Crippen LogP contribution in [0, 0.1) is 0 Å². The molecule has 4 N–H and O–H groups in total. The van der Waals surface area contributed by atoms with Gasteiger partial charge < -0.3 is 20.4 Å². The topological polar surface area (TPSA) is 149 Å². The predicted molar refractivity (Wildman–Crippen MR) is 118 cm³/mol. The van der Waals surface area contributed by atoms with E-state index in [1.54, 1.807) is 0 Å². The molecule has 0 aliphatic rings. The number of carbonyl (C=O) groups excluding carboxylic acids is 2. The molecule has 0 spiro atoms. The third kappa shape index (κ3) is 4.82. The molecule has 156 valence electrons. The van der Waals surface area contributed by atoms with Crippen molar-refractivity contribution in [1.29, 1.82) is 0 Å². The van der Waals surface area contributed by atoms with E-state index in [9.17, 15) is 39.6 Å². The van der Waals surface area contributed by atoms with Crippen molar-refractivity contribution in [1.82, 2.24) is 0 Å². The normalized spacial score (nSPS) is 11.6. The monoisotopic (exact) mass is 668 g/mol. The van der Waals surface area contributed by atoms with Gasteiger partial charge in [-0.2, -0.15) is 0 Å². The molecular weight excluding hydrogens is 664 g/mol. The third-order valence-electron chi connectivity index (χ3n) is 3.68. The second kappa shape index (κ2) is 9.41. The van der Waals surface area contributed by atoms with Crippen LogP contribution in [0.2, 0.25) is 0 Å². The van der Waals surface area contributed by atoms with E-state index in [0.29, 0.717) is 0 Å². The third-order valence-corrected chi connectivity index (χ3v) is 5.80. The highest BCUT2D eigenvalue weighted by Crippen LogP contribution is 2.36. The number of carbonyl (C=O) groups is 4. The molecule has 0 aromatic heterocycles. The number of benzene rings is 2. The van der Waals surface area contributed by atoms with E-state index in [1.165, 1.54) is 12.1 Å². The Labute approximate surface area is 201 Å². The van der Waals surface area contributed by atoms with Gasteiger partial charge in [-0.1, -0.05) is 31.9 Å². The summed E-state index contributed by atoms with van der Waals surface area (Å²) in [5.74, 6) is -8.13. The van der Waals surface area contributed by atoms with Crippen LogP contribution in [-0.2, 0) is 9.59 Å². The number of phenolic OH excluding ortho intramolecular Hbond substituents is 2. The minimum atomic E-state index is -2.00. The highest BCUT2D eigenvalue weighted by Gasteiger charge is 2.35. The molecule has 0 atom stereocenters. The fraction of sp³-hybridized carbons (Fsp3) is 0. The zero-order valence-corrected chi connectivity index (χ0v) is 20.6. The molecule has 0 aliphatic heterocycles. The molecule has 2 rings (SSSR count). The number of phenols is 2. The summed E-state index contributed by atoms with van der Waals surface area (Å²) in [6.07, 6.45) is 0. The van der Waals surface area contributed by atoms with Crippen LogP contribution in [0.3, 0.4) is 0 Å². The number of carboxylic acids is 2. The zero-order chi connectivity index (χ0) is 22.9. The van der Waals surface area contributed by atoms with Gasteiger partial charge in [0.05, 0.1) is 20.1 Å². The van der Waals surface area contributed by atoms with Crippen LogP contribution < -0.4 is 0 Å². The maximum Gasteiger partial charge on any atom is 0.340 e. The number of halogens is 4. The van der Waals surface area contributed by atoms with Gasteiger partial charge in [0, 0.05) is 8.95 Å². The standard InChI is InChI=1S/C18H8Br4O8/c19-5-1-7(13(23)9(21)3-5)15(25)11(17(27)28)12(18(29)30)16(26)8-2-6(20)4-10(22)14(8)24/h1-4,23-24H,(H,27,28)(H,29,30)/b12-11+. The summed E-state index contributed by atoms with van der Waals surface area (Å²) in [4.78, 5) is 49.4. The van der Waals surface area contributed by atoms with E-state index in [0.717, 1.165) is 12.1 Å². The maximum absolute atomic E-state index is 12.9. The predicted octanol–water partition coefficient (Wildman–Crippen LogP) is 4.68. The SMILES string of the molecule is O=C(O)/C(C(=O)c1cc(Br)cc(Br)c1O)=C(/C(=O)O)C(=O)c1cc(Br)cc(Br)c1O. The summed E-state index contributed by atoms with van der Waals surface area (Å²) in [7, 11) is 0. The molecule has 0 saturated carbocycles. The van der Waals surface area contributed by atoms with E-state index in [2.05, 4.69) is 63.7 Å². The van der Waals surface area contributed by atoms with Gasteiger partial charge in [0.25, 0.3) is 0 Å². The van der Waals surface area contributed by atoms with Gasteiger partial charge in [0.1, 0.15) is 22.6 Å². The smallest absolute Gasteiger partial charge is 0.340 e. The van der Waals surface area contributed by atoms with Crippen molar-refractivity contribution >= 4 is 87.2 Å². The number of Topliss-reactive ketones (excluding diaryl/α,β-unsaturated/α-hetero) is 2. The Kier molecular flexibility index (Phi) is 7.61. The van der Waals surface area contributed by atoms with Crippen LogP contribution >= 0.6 is 63.7 Å². The Hall–Kier alpha value is -2.02. The molecule has 0 amide bonds. The van der Waals surface area contributed by atoms with Crippen LogP contribution in [0.25, 0.3) is 0 Å². The van der Waals surface area contributed by atoms with Crippen LogP contribution in [-0.4, -0.2) is 43.9 Å². The van der Waals surface area contributed by atoms with Crippen molar-refractivity contribution in [2.45, 2.75) is 0 Å². The Balaban J connectivity index is 2.84. The number of hydrogen-bond donors (Lipinski definition) is 4. The van der Waals surface area contributed by atoms with Crippen molar-refractivity contribution in [3.63, 3.8) is 0 Å². The summed E-state index contributed by atoms with van der Waals surface area (Å²) in [6.45, 7) is 0. The Morgan fingerprint density at radius 1 is 0.600 bits per heavy atom. The molecule has 12 heteroatoms. The molecule has 30 heavy (non-hydrogen) atoms. The van der Waals surface area contributed by atoms with Gasteiger partial charge >= 0.3 is 11.9 Å². The molecule has 0 fully saturated rings. The highest BCUT2D eigenvalue weighted by atomic mass is 79.9. The van der Waals surface area contributed by atoms with Crippen LogP contribution in [0.4, 0.5) is 0 Å². The molecule has 8 nitrogen and oxygen atoms in total. The molecule has 0 aliphatic carbocycles. The number of ketones is 2. The van der Waals surface area contributed by atoms with Gasteiger partial charge in [-0.15, -0.1) is 0 Å². The lowest BCUT2D eigenvalue weighted by Gasteiger charge is -2.12. The van der Waals surface area contributed by atoms with E-state index >= 15 is 0 Å². The Bertz CT molecular complexity index is 1060. The lowest BCUT2D eigenvalue weighted by atomic mass is 9.92. The Morgan fingerprint density at radius 2 is 0.900 bits per heavy atom. The first-order chi connectivity index (χ1) is 13.9. The summed E-state index contributed by atoms with van der Waals surface area (Å²) in [5, 5.41) is 39.3. The molecule has 0 unspecified atom stereocenters. The van der Waals surface area contributed by atoms with Crippen LogP contribution in [0.1, 0.15) is 20.7 Å². The van der Waals surface area contributed by atoms with Gasteiger partial charge in [0.2, 0.25) is 11.6 Å². The number of rotatable bonds is 6. The van der Waals surface area contributed by atoms with E-state index in [4.69, 9.17) is 0 Å². The summed E-state index contributed by atoms with van der Waals surface area (Å²) in [5.41, 5.74) is -3.88. The summed E-state index contributed by atoms with van der Waals surface area (Å²) in [6, 6.07) is 4.89. The zero-order valence-electron chi connectivity index (χ0n) is 14.2. The lowest BCUT2D eigenvalue weighted by molar-refractivity contribution is -0.135. The molecule has 2 aromatic carbocycles. The lowest BCUT2D eigenvalue weighted by Crippen LogP contribution is -2.24.